The van der Waals surface area contributed by atoms with E-state index >= 15 is 0 Å². The van der Waals surface area contributed by atoms with Crippen LogP contribution < -0.4 is 11.5 Å². The summed E-state index contributed by atoms with van der Waals surface area (Å²) in [7, 11) is 2.09. The van der Waals surface area contributed by atoms with Gasteiger partial charge in [0.2, 0.25) is 0 Å². The standard InChI is InChI=1S/C22H37N5S/c1-5-6-11-22(24)25-17(2)20-13-12-19(15-21(20)26-18(3)23)10-8-7-9-14-27(4)16-28/h12-13,15,28H,2,5-11,14,16H2,1,3-4H3,(H2,23,26)(H2,24,25). The summed E-state index contributed by atoms with van der Waals surface area (Å²) in [6.45, 7) is 9.10. The Morgan fingerprint density at radius 1 is 1.18 bits per heavy atom. The molecular formula is C22H37N5S. The average Bonchev–Trinajstić information content (AvgIpc) is 2.65. The molecule has 0 bridgehead atoms. The van der Waals surface area contributed by atoms with Crippen molar-refractivity contribution in [1.82, 2.24) is 4.90 Å². The van der Waals surface area contributed by atoms with Crippen molar-refractivity contribution in [3.63, 3.8) is 0 Å². The van der Waals surface area contributed by atoms with Gasteiger partial charge in [0.25, 0.3) is 0 Å². The van der Waals surface area contributed by atoms with Crippen LogP contribution in [0.2, 0.25) is 0 Å². The highest BCUT2D eigenvalue weighted by atomic mass is 32.1. The van der Waals surface area contributed by atoms with Gasteiger partial charge in [-0.05, 0) is 57.8 Å². The minimum atomic E-state index is 0.518. The van der Waals surface area contributed by atoms with Gasteiger partial charge in [-0.1, -0.05) is 38.5 Å². The maximum Gasteiger partial charge on any atom is 0.0996 e. The van der Waals surface area contributed by atoms with Crippen LogP contribution in [-0.4, -0.2) is 36.0 Å². The van der Waals surface area contributed by atoms with Gasteiger partial charge in [0, 0.05) is 17.9 Å². The van der Waals surface area contributed by atoms with Gasteiger partial charge in [-0.25, -0.2) is 9.98 Å². The molecule has 0 radical (unpaired) electrons. The number of rotatable bonds is 13. The van der Waals surface area contributed by atoms with Crippen LogP contribution in [0.3, 0.4) is 0 Å². The number of aliphatic imine (C=N–C) groups is 2. The molecule has 0 saturated heterocycles. The Labute approximate surface area is 176 Å². The van der Waals surface area contributed by atoms with E-state index in [2.05, 4.69) is 60.2 Å². The van der Waals surface area contributed by atoms with E-state index in [-0.39, 0.29) is 0 Å². The van der Waals surface area contributed by atoms with Gasteiger partial charge in [-0.2, -0.15) is 12.6 Å². The van der Waals surface area contributed by atoms with Crippen molar-refractivity contribution in [1.29, 1.82) is 0 Å². The highest BCUT2D eigenvalue weighted by molar-refractivity contribution is 7.80. The van der Waals surface area contributed by atoms with Crippen molar-refractivity contribution in [2.75, 3.05) is 19.5 Å². The molecule has 0 amide bonds. The van der Waals surface area contributed by atoms with E-state index < -0.39 is 0 Å². The van der Waals surface area contributed by atoms with Gasteiger partial charge < -0.3 is 11.5 Å². The van der Waals surface area contributed by atoms with Crippen molar-refractivity contribution in [3.8, 4) is 0 Å². The Morgan fingerprint density at radius 2 is 1.93 bits per heavy atom. The number of thiol groups is 1. The molecular weight excluding hydrogens is 366 g/mol. The van der Waals surface area contributed by atoms with E-state index in [1.54, 1.807) is 6.92 Å². The molecule has 0 saturated carbocycles. The number of aryl methyl sites for hydroxylation is 1. The third kappa shape index (κ3) is 9.42. The lowest BCUT2D eigenvalue weighted by Gasteiger charge is -2.13. The quantitative estimate of drug-likeness (QED) is 0.146. The van der Waals surface area contributed by atoms with E-state index in [1.807, 2.05) is 6.07 Å². The van der Waals surface area contributed by atoms with E-state index in [1.165, 1.54) is 18.4 Å². The lowest BCUT2D eigenvalue weighted by molar-refractivity contribution is 0.379. The number of hydrogen-bond acceptors (Lipinski definition) is 4. The molecule has 0 fully saturated rings. The van der Waals surface area contributed by atoms with Gasteiger partial charge in [0.15, 0.2) is 0 Å². The monoisotopic (exact) mass is 403 g/mol. The van der Waals surface area contributed by atoms with E-state index in [0.717, 1.165) is 55.8 Å². The van der Waals surface area contributed by atoms with Crippen LogP contribution in [0.25, 0.3) is 5.70 Å². The van der Waals surface area contributed by atoms with Crippen molar-refractivity contribution >= 4 is 35.7 Å². The lowest BCUT2D eigenvalue weighted by atomic mass is 10.0. The summed E-state index contributed by atoms with van der Waals surface area (Å²) in [6.07, 6.45) is 7.44. The SMILES string of the molecule is C=C(N=C(N)CCCC)c1ccc(CCCCCN(C)CS)cc1N=C(C)N. The Kier molecular flexibility index (Phi) is 11.6. The molecule has 0 spiro atoms. The van der Waals surface area contributed by atoms with Crippen LogP contribution in [0.1, 0.15) is 63.5 Å². The highest BCUT2D eigenvalue weighted by Gasteiger charge is 2.08. The molecule has 4 N–H and O–H groups in total. The van der Waals surface area contributed by atoms with Crippen LogP contribution in [0, 0.1) is 0 Å². The topological polar surface area (TPSA) is 80.0 Å². The number of amidine groups is 2. The minimum absolute atomic E-state index is 0.518. The summed E-state index contributed by atoms with van der Waals surface area (Å²) in [6, 6.07) is 6.25. The van der Waals surface area contributed by atoms with Gasteiger partial charge in [0.05, 0.1) is 23.1 Å². The second kappa shape index (κ2) is 13.4. The average molecular weight is 404 g/mol. The zero-order chi connectivity index (χ0) is 20.9. The molecule has 6 heteroatoms. The van der Waals surface area contributed by atoms with Crippen LogP contribution >= 0.6 is 12.6 Å². The minimum Gasteiger partial charge on any atom is -0.387 e. The normalized spacial score (nSPS) is 12.6. The fourth-order valence-electron chi connectivity index (χ4n) is 2.86. The number of nitrogens with zero attached hydrogens (tertiary/aromatic N) is 3. The third-order valence-electron chi connectivity index (χ3n) is 4.48. The molecule has 28 heavy (non-hydrogen) atoms. The second-order valence-corrected chi connectivity index (χ2v) is 7.57. The Balaban J connectivity index is 2.82. The molecule has 5 nitrogen and oxygen atoms in total. The molecule has 1 aromatic carbocycles. The predicted octanol–water partition coefficient (Wildman–Crippen LogP) is 4.75. The molecule has 0 heterocycles. The number of benzene rings is 1. The maximum absolute atomic E-state index is 6.03. The van der Waals surface area contributed by atoms with Crippen molar-refractivity contribution < 1.29 is 0 Å². The number of nitrogens with two attached hydrogens (primary N) is 2. The van der Waals surface area contributed by atoms with Gasteiger partial charge in [-0.3, -0.25) is 4.90 Å². The van der Waals surface area contributed by atoms with Gasteiger partial charge >= 0.3 is 0 Å². The third-order valence-corrected chi connectivity index (χ3v) is 4.96. The van der Waals surface area contributed by atoms with Gasteiger partial charge in [0.1, 0.15) is 0 Å². The zero-order valence-electron chi connectivity index (χ0n) is 17.7. The first-order valence-corrected chi connectivity index (χ1v) is 10.8. The maximum atomic E-state index is 6.03. The highest BCUT2D eigenvalue weighted by Crippen LogP contribution is 2.28. The summed E-state index contributed by atoms with van der Waals surface area (Å²) >= 11 is 4.28. The first-order valence-electron chi connectivity index (χ1n) is 10.1. The van der Waals surface area contributed by atoms with E-state index in [0.29, 0.717) is 17.4 Å². The first-order chi connectivity index (χ1) is 13.4. The largest absolute Gasteiger partial charge is 0.387 e. The van der Waals surface area contributed by atoms with Crippen LogP contribution in [0.5, 0.6) is 0 Å². The molecule has 0 atom stereocenters. The fourth-order valence-corrected chi connectivity index (χ4v) is 3.01. The van der Waals surface area contributed by atoms with Crippen LogP contribution in [-0.2, 0) is 6.42 Å². The number of hydrogen-bond donors (Lipinski definition) is 3. The van der Waals surface area contributed by atoms with Crippen LogP contribution in [0.15, 0.2) is 34.8 Å². The molecule has 0 aliphatic heterocycles. The summed E-state index contributed by atoms with van der Waals surface area (Å²) in [5.41, 5.74) is 15.4. The molecule has 0 aliphatic rings. The Hall–Kier alpha value is -1.79. The first kappa shape index (κ1) is 24.2. The molecule has 156 valence electrons. The smallest absolute Gasteiger partial charge is 0.0996 e. The Morgan fingerprint density at radius 3 is 2.57 bits per heavy atom. The summed E-state index contributed by atoms with van der Waals surface area (Å²) in [5.74, 6) is 1.93. The summed E-state index contributed by atoms with van der Waals surface area (Å²) < 4.78 is 0. The summed E-state index contributed by atoms with van der Waals surface area (Å²) in [5, 5.41) is 0. The Bertz CT molecular complexity index is 678. The predicted molar refractivity (Wildman–Crippen MR) is 128 cm³/mol. The molecule has 1 aromatic rings. The molecule has 0 unspecified atom stereocenters. The zero-order valence-corrected chi connectivity index (χ0v) is 18.6. The second-order valence-electron chi connectivity index (χ2n) is 7.29. The molecule has 0 aliphatic carbocycles. The van der Waals surface area contributed by atoms with Gasteiger partial charge in [-0.15, -0.1) is 0 Å². The van der Waals surface area contributed by atoms with E-state index in [4.69, 9.17) is 11.5 Å². The van der Waals surface area contributed by atoms with Crippen molar-refractivity contribution in [2.45, 2.75) is 58.8 Å². The molecule has 0 aromatic heterocycles. The van der Waals surface area contributed by atoms with Crippen molar-refractivity contribution in [2.24, 2.45) is 21.5 Å². The fraction of sp³-hybridized carbons (Fsp3) is 0.545. The summed E-state index contributed by atoms with van der Waals surface area (Å²) in [4.78, 5) is 11.2. The number of unbranched alkanes of at least 4 members (excludes halogenated alkanes) is 3. The van der Waals surface area contributed by atoms with Crippen LogP contribution in [0.4, 0.5) is 5.69 Å². The molecule has 1 rings (SSSR count). The van der Waals surface area contributed by atoms with E-state index in [9.17, 15) is 0 Å². The lowest BCUT2D eigenvalue weighted by Crippen LogP contribution is -2.17. The van der Waals surface area contributed by atoms with Crippen molar-refractivity contribution in [3.05, 3.63) is 35.9 Å².